The van der Waals surface area contributed by atoms with Crippen molar-refractivity contribution in [3.05, 3.63) is 62.2 Å². The molecule has 0 aromatic heterocycles. The number of carbonyl (C=O) groups is 1. The van der Waals surface area contributed by atoms with Crippen LogP contribution in [0.25, 0.3) is 6.08 Å². The molecule has 0 unspecified atom stereocenters. The number of halogens is 3. The Balaban J connectivity index is 1.86. The van der Waals surface area contributed by atoms with Crippen molar-refractivity contribution in [2.24, 2.45) is 0 Å². The van der Waals surface area contributed by atoms with Crippen LogP contribution < -0.4 is 9.64 Å². The van der Waals surface area contributed by atoms with Crippen LogP contribution in [-0.2, 0) is 4.79 Å². The number of rotatable bonds is 5. The first kappa shape index (κ1) is 20.3. The van der Waals surface area contributed by atoms with E-state index in [1.807, 2.05) is 25.1 Å². The fraction of sp³-hybridized carbons (Fsp3) is 0.158. The van der Waals surface area contributed by atoms with Crippen molar-refractivity contribution in [3.63, 3.8) is 0 Å². The number of thioether (sulfide) groups is 1. The molecule has 1 saturated heterocycles. The minimum atomic E-state index is -0.545. The molecule has 1 aliphatic rings. The highest BCUT2D eigenvalue weighted by Crippen LogP contribution is 2.37. The third kappa shape index (κ3) is 4.54. The molecular formula is C19H14BrClFNO2S2. The van der Waals surface area contributed by atoms with Gasteiger partial charge in [0.1, 0.15) is 11.6 Å². The molecule has 0 bridgehead atoms. The van der Waals surface area contributed by atoms with E-state index in [0.717, 1.165) is 22.2 Å². The van der Waals surface area contributed by atoms with Gasteiger partial charge in [0.15, 0.2) is 4.32 Å². The fourth-order valence-electron chi connectivity index (χ4n) is 2.40. The van der Waals surface area contributed by atoms with E-state index in [9.17, 15) is 9.18 Å². The molecule has 2 aromatic carbocycles. The Hall–Kier alpha value is -1.41. The van der Waals surface area contributed by atoms with Gasteiger partial charge in [-0.3, -0.25) is 9.69 Å². The van der Waals surface area contributed by atoms with Gasteiger partial charge in [0.05, 0.1) is 26.7 Å². The van der Waals surface area contributed by atoms with Gasteiger partial charge in [-0.1, -0.05) is 48.6 Å². The number of thiocarbonyl (C=S) groups is 1. The highest BCUT2D eigenvalue weighted by atomic mass is 79.9. The number of ether oxygens (including phenoxy) is 1. The highest BCUT2D eigenvalue weighted by molar-refractivity contribution is 9.10. The Morgan fingerprint density at radius 1 is 1.33 bits per heavy atom. The molecule has 0 aliphatic carbocycles. The van der Waals surface area contributed by atoms with Gasteiger partial charge in [-0.05, 0) is 64.3 Å². The summed E-state index contributed by atoms with van der Waals surface area (Å²) in [5.74, 6) is -0.0609. The lowest BCUT2D eigenvalue weighted by atomic mass is 10.2. The molecule has 1 amide bonds. The van der Waals surface area contributed by atoms with E-state index in [1.165, 1.54) is 34.9 Å². The minimum Gasteiger partial charge on any atom is -0.492 e. The molecule has 1 aliphatic heterocycles. The van der Waals surface area contributed by atoms with Crippen LogP contribution in [0.5, 0.6) is 5.75 Å². The largest absolute Gasteiger partial charge is 0.492 e. The summed E-state index contributed by atoms with van der Waals surface area (Å²) in [6, 6.07) is 9.69. The van der Waals surface area contributed by atoms with Gasteiger partial charge in [0.2, 0.25) is 0 Å². The zero-order chi connectivity index (χ0) is 19.6. The lowest BCUT2D eigenvalue weighted by molar-refractivity contribution is -0.113. The van der Waals surface area contributed by atoms with E-state index in [2.05, 4.69) is 15.9 Å². The number of carbonyl (C=O) groups excluding carboxylic acids is 1. The second-order valence-electron chi connectivity index (χ2n) is 5.65. The van der Waals surface area contributed by atoms with E-state index in [4.69, 9.17) is 28.6 Å². The third-order valence-corrected chi connectivity index (χ3v) is 5.88. The second-order valence-corrected chi connectivity index (χ2v) is 8.59. The number of nitrogens with zero attached hydrogens (tertiary/aromatic N) is 1. The predicted molar refractivity (Wildman–Crippen MR) is 117 cm³/mol. The molecule has 0 radical (unpaired) electrons. The topological polar surface area (TPSA) is 29.5 Å². The van der Waals surface area contributed by atoms with Crippen molar-refractivity contribution in [1.82, 2.24) is 0 Å². The van der Waals surface area contributed by atoms with Crippen LogP contribution in [0.1, 0.15) is 18.9 Å². The molecule has 0 saturated carbocycles. The lowest BCUT2D eigenvalue weighted by Gasteiger charge is -2.14. The van der Waals surface area contributed by atoms with E-state index in [0.29, 0.717) is 21.5 Å². The van der Waals surface area contributed by atoms with Crippen LogP contribution >= 0.6 is 51.5 Å². The Kier molecular flexibility index (Phi) is 6.57. The van der Waals surface area contributed by atoms with Gasteiger partial charge in [-0.2, -0.15) is 0 Å². The number of benzene rings is 2. The number of amides is 1. The van der Waals surface area contributed by atoms with Crippen molar-refractivity contribution in [1.29, 1.82) is 0 Å². The number of hydrogen-bond donors (Lipinski definition) is 0. The molecule has 0 spiro atoms. The predicted octanol–water partition coefficient (Wildman–Crippen LogP) is 6.44. The molecule has 8 heteroatoms. The lowest BCUT2D eigenvalue weighted by Crippen LogP contribution is -2.27. The standard InChI is InChI=1S/C19H14BrClFNO2S2/c1-2-7-25-16-6-3-11(8-13(16)20)9-17-18(24)23(19(26)27-17)12-4-5-15(22)14(21)10-12/h3-6,8-10H,2,7H2,1H3/b17-9-. The molecule has 0 atom stereocenters. The minimum absolute atomic E-state index is 0.0582. The molecule has 0 N–H and O–H groups in total. The van der Waals surface area contributed by atoms with Crippen LogP contribution in [0.15, 0.2) is 45.8 Å². The summed E-state index contributed by atoms with van der Waals surface area (Å²) in [5.41, 5.74) is 1.28. The average Bonchev–Trinajstić information content (AvgIpc) is 2.90. The Bertz CT molecular complexity index is 951. The Labute approximate surface area is 179 Å². The van der Waals surface area contributed by atoms with E-state index < -0.39 is 5.82 Å². The monoisotopic (exact) mass is 485 g/mol. The molecule has 27 heavy (non-hydrogen) atoms. The van der Waals surface area contributed by atoms with E-state index >= 15 is 0 Å². The highest BCUT2D eigenvalue weighted by Gasteiger charge is 2.33. The summed E-state index contributed by atoms with van der Waals surface area (Å²) in [6.07, 6.45) is 2.68. The Morgan fingerprint density at radius 3 is 2.78 bits per heavy atom. The van der Waals surface area contributed by atoms with Gasteiger partial charge < -0.3 is 4.74 Å². The molecular weight excluding hydrogens is 473 g/mol. The summed E-state index contributed by atoms with van der Waals surface area (Å²) >= 11 is 15.8. The van der Waals surface area contributed by atoms with Crippen molar-refractivity contribution < 1.29 is 13.9 Å². The first-order valence-electron chi connectivity index (χ1n) is 8.06. The van der Waals surface area contributed by atoms with Gasteiger partial charge in [-0.15, -0.1) is 0 Å². The van der Waals surface area contributed by atoms with Crippen LogP contribution in [0.4, 0.5) is 10.1 Å². The maximum Gasteiger partial charge on any atom is 0.270 e. The normalized spacial score (nSPS) is 15.7. The zero-order valence-corrected chi connectivity index (χ0v) is 18.1. The van der Waals surface area contributed by atoms with E-state index in [1.54, 1.807) is 6.08 Å². The molecule has 3 nitrogen and oxygen atoms in total. The molecule has 1 fully saturated rings. The summed E-state index contributed by atoms with van der Waals surface area (Å²) in [6.45, 7) is 2.68. The van der Waals surface area contributed by atoms with Crippen molar-refractivity contribution >= 4 is 73.5 Å². The molecule has 1 heterocycles. The summed E-state index contributed by atoms with van der Waals surface area (Å²) in [5, 5.41) is -0.0582. The van der Waals surface area contributed by atoms with Gasteiger partial charge in [-0.25, -0.2) is 4.39 Å². The van der Waals surface area contributed by atoms with Crippen LogP contribution in [0.3, 0.4) is 0 Å². The number of hydrogen-bond acceptors (Lipinski definition) is 4. The third-order valence-electron chi connectivity index (χ3n) is 3.67. The fourth-order valence-corrected chi connectivity index (χ4v) is 4.39. The van der Waals surface area contributed by atoms with Crippen LogP contribution in [-0.4, -0.2) is 16.8 Å². The van der Waals surface area contributed by atoms with Crippen molar-refractivity contribution in [3.8, 4) is 5.75 Å². The first-order valence-corrected chi connectivity index (χ1v) is 10.5. The molecule has 2 aromatic rings. The number of anilines is 1. The van der Waals surface area contributed by atoms with Crippen LogP contribution in [0.2, 0.25) is 5.02 Å². The summed E-state index contributed by atoms with van der Waals surface area (Å²) in [7, 11) is 0. The zero-order valence-electron chi connectivity index (χ0n) is 14.2. The Morgan fingerprint density at radius 2 is 2.11 bits per heavy atom. The van der Waals surface area contributed by atoms with Crippen molar-refractivity contribution in [2.75, 3.05) is 11.5 Å². The average molecular weight is 487 g/mol. The van der Waals surface area contributed by atoms with E-state index in [-0.39, 0.29) is 10.9 Å². The summed E-state index contributed by atoms with van der Waals surface area (Å²) in [4.78, 5) is 14.6. The maximum absolute atomic E-state index is 13.4. The summed E-state index contributed by atoms with van der Waals surface area (Å²) < 4.78 is 20.2. The SMILES string of the molecule is CCCOc1ccc(/C=C2\SC(=S)N(c3ccc(F)c(Cl)c3)C2=O)cc1Br. The quantitative estimate of drug-likeness (QED) is 0.359. The van der Waals surface area contributed by atoms with Gasteiger partial charge in [0.25, 0.3) is 5.91 Å². The smallest absolute Gasteiger partial charge is 0.270 e. The van der Waals surface area contributed by atoms with Gasteiger partial charge in [0, 0.05) is 0 Å². The van der Waals surface area contributed by atoms with Crippen LogP contribution in [0, 0.1) is 5.82 Å². The first-order chi connectivity index (χ1) is 12.9. The maximum atomic E-state index is 13.4. The molecule has 3 rings (SSSR count). The van der Waals surface area contributed by atoms with Crippen molar-refractivity contribution in [2.45, 2.75) is 13.3 Å². The second kappa shape index (κ2) is 8.73. The molecule has 140 valence electrons. The van der Waals surface area contributed by atoms with Gasteiger partial charge >= 0.3 is 0 Å².